The Balaban J connectivity index is 2.76. The monoisotopic (exact) mass is 184 g/mol. The maximum absolute atomic E-state index is 9.16. The number of hydrogen-bond acceptors (Lipinski definition) is 4. The number of aliphatic hydroxyl groups excluding tert-OH is 1. The lowest BCUT2D eigenvalue weighted by Crippen LogP contribution is -2.27. The van der Waals surface area contributed by atoms with Crippen LogP contribution >= 0.6 is 0 Å². The molecule has 0 bridgehead atoms. The van der Waals surface area contributed by atoms with E-state index in [9.17, 15) is 0 Å². The predicted molar refractivity (Wildman–Crippen MR) is 52.7 cm³/mol. The van der Waals surface area contributed by atoms with Crippen LogP contribution in [0.2, 0.25) is 0 Å². The van der Waals surface area contributed by atoms with Gasteiger partial charge in [-0.25, -0.2) is 4.98 Å². The Hall–Kier alpha value is -1.23. The van der Waals surface area contributed by atoms with Gasteiger partial charge in [-0.1, -0.05) is 0 Å². The first kappa shape index (κ1) is 9.85. The number of nitrogen functional groups attached to an aromatic ring is 1. The third kappa shape index (κ3) is 2.35. The number of imidazole rings is 1. The molecule has 0 aliphatic heterocycles. The van der Waals surface area contributed by atoms with Crippen molar-refractivity contribution in [3.8, 4) is 0 Å². The number of aryl methyl sites for hydroxylation is 1. The van der Waals surface area contributed by atoms with Gasteiger partial charge < -0.3 is 20.7 Å². The van der Waals surface area contributed by atoms with Gasteiger partial charge in [0, 0.05) is 13.6 Å². The van der Waals surface area contributed by atoms with Crippen molar-refractivity contribution in [2.45, 2.75) is 20.0 Å². The van der Waals surface area contributed by atoms with Crippen LogP contribution in [0.3, 0.4) is 0 Å². The molecule has 0 aliphatic carbocycles. The highest BCUT2D eigenvalue weighted by atomic mass is 16.3. The van der Waals surface area contributed by atoms with Gasteiger partial charge >= 0.3 is 0 Å². The Morgan fingerprint density at radius 2 is 2.31 bits per heavy atom. The average molecular weight is 184 g/mol. The molecule has 0 aliphatic rings. The molecule has 1 unspecified atom stereocenters. The summed E-state index contributed by atoms with van der Waals surface area (Å²) in [5, 5.41) is 9.16. The first-order valence-corrected chi connectivity index (χ1v) is 4.22. The molecule has 0 amide bonds. The molecule has 0 radical (unpaired) electrons. The normalized spacial score (nSPS) is 12.9. The van der Waals surface area contributed by atoms with E-state index in [1.165, 1.54) is 0 Å². The van der Waals surface area contributed by atoms with Crippen LogP contribution in [0, 0.1) is 6.92 Å². The zero-order valence-electron chi connectivity index (χ0n) is 8.20. The van der Waals surface area contributed by atoms with Crippen molar-refractivity contribution in [1.82, 2.24) is 9.97 Å². The molecular weight excluding hydrogens is 168 g/mol. The summed E-state index contributed by atoms with van der Waals surface area (Å²) >= 11 is 0. The zero-order valence-corrected chi connectivity index (χ0v) is 8.20. The molecule has 74 valence electrons. The topological polar surface area (TPSA) is 78.2 Å². The molecule has 13 heavy (non-hydrogen) atoms. The van der Waals surface area contributed by atoms with Crippen molar-refractivity contribution in [2.24, 2.45) is 0 Å². The SMILES string of the molecule is Cc1nc(N(C)CC(C)O)c(N)[nH]1. The first-order chi connectivity index (χ1) is 6.00. The lowest BCUT2D eigenvalue weighted by molar-refractivity contribution is 0.201. The molecule has 1 atom stereocenters. The summed E-state index contributed by atoms with van der Waals surface area (Å²) in [7, 11) is 1.85. The van der Waals surface area contributed by atoms with Gasteiger partial charge in [-0.2, -0.15) is 0 Å². The van der Waals surface area contributed by atoms with Crippen LogP contribution in [0.4, 0.5) is 11.6 Å². The van der Waals surface area contributed by atoms with Crippen LogP contribution in [-0.2, 0) is 0 Å². The second-order valence-corrected chi connectivity index (χ2v) is 3.29. The summed E-state index contributed by atoms with van der Waals surface area (Å²) in [6.45, 7) is 4.09. The number of rotatable bonds is 3. The Morgan fingerprint density at radius 1 is 1.69 bits per heavy atom. The van der Waals surface area contributed by atoms with Gasteiger partial charge in [-0.15, -0.1) is 0 Å². The van der Waals surface area contributed by atoms with Crippen molar-refractivity contribution < 1.29 is 5.11 Å². The summed E-state index contributed by atoms with van der Waals surface area (Å²) in [4.78, 5) is 8.93. The van der Waals surface area contributed by atoms with Crippen molar-refractivity contribution >= 4 is 11.6 Å². The molecule has 1 aromatic rings. The standard InChI is InChI=1S/C8H16N4O/c1-5(13)4-12(3)8-7(9)10-6(2)11-8/h5,13H,4,9H2,1-3H3,(H,10,11). The number of aromatic amines is 1. The molecule has 5 nitrogen and oxygen atoms in total. The van der Waals surface area contributed by atoms with E-state index in [0.717, 1.165) is 5.82 Å². The molecule has 1 aromatic heterocycles. The second-order valence-electron chi connectivity index (χ2n) is 3.29. The number of hydrogen-bond donors (Lipinski definition) is 3. The number of aromatic nitrogens is 2. The quantitative estimate of drug-likeness (QED) is 0.623. The highest BCUT2D eigenvalue weighted by Crippen LogP contribution is 2.17. The third-order valence-corrected chi connectivity index (χ3v) is 1.73. The summed E-state index contributed by atoms with van der Waals surface area (Å²) in [6, 6.07) is 0. The fourth-order valence-corrected chi connectivity index (χ4v) is 1.27. The molecule has 0 spiro atoms. The number of nitrogens with two attached hydrogens (primary N) is 1. The Labute approximate surface area is 77.6 Å². The van der Waals surface area contributed by atoms with E-state index in [1.54, 1.807) is 6.92 Å². The van der Waals surface area contributed by atoms with E-state index in [2.05, 4.69) is 9.97 Å². The van der Waals surface area contributed by atoms with E-state index in [1.807, 2.05) is 18.9 Å². The Kier molecular flexibility index (Phi) is 2.77. The smallest absolute Gasteiger partial charge is 0.171 e. The van der Waals surface area contributed by atoms with E-state index < -0.39 is 0 Å². The zero-order chi connectivity index (χ0) is 10.0. The number of likely N-dealkylation sites (N-methyl/N-ethyl adjacent to an activating group) is 1. The molecule has 4 N–H and O–H groups in total. The van der Waals surface area contributed by atoms with Crippen LogP contribution in [-0.4, -0.2) is 34.8 Å². The first-order valence-electron chi connectivity index (χ1n) is 4.22. The minimum absolute atomic E-state index is 0.388. The van der Waals surface area contributed by atoms with Crippen molar-refractivity contribution in [2.75, 3.05) is 24.2 Å². The lowest BCUT2D eigenvalue weighted by Gasteiger charge is -2.18. The van der Waals surface area contributed by atoms with Crippen molar-refractivity contribution in [3.63, 3.8) is 0 Å². The van der Waals surface area contributed by atoms with Gasteiger partial charge in [0.1, 0.15) is 11.6 Å². The summed E-state index contributed by atoms with van der Waals surface area (Å²) in [5.41, 5.74) is 5.68. The van der Waals surface area contributed by atoms with Crippen LogP contribution in [0.15, 0.2) is 0 Å². The molecule has 0 saturated heterocycles. The fourth-order valence-electron chi connectivity index (χ4n) is 1.27. The highest BCUT2D eigenvalue weighted by Gasteiger charge is 2.11. The Bertz CT molecular complexity index is 282. The van der Waals surface area contributed by atoms with Gasteiger partial charge in [0.05, 0.1) is 6.10 Å². The summed E-state index contributed by atoms with van der Waals surface area (Å²) in [5.74, 6) is 2.02. The summed E-state index contributed by atoms with van der Waals surface area (Å²) < 4.78 is 0. The molecule has 0 saturated carbocycles. The van der Waals surface area contributed by atoms with Gasteiger partial charge in [-0.3, -0.25) is 0 Å². The number of H-pyrrole nitrogens is 1. The molecule has 0 fully saturated rings. The third-order valence-electron chi connectivity index (χ3n) is 1.73. The van der Waals surface area contributed by atoms with Gasteiger partial charge in [0.25, 0.3) is 0 Å². The lowest BCUT2D eigenvalue weighted by atomic mass is 10.4. The van der Waals surface area contributed by atoms with Crippen LogP contribution < -0.4 is 10.6 Å². The Morgan fingerprint density at radius 3 is 2.69 bits per heavy atom. The maximum Gasteiger partial charge on any atom is 0.171 e. The van der Waals surface area contributed by atoms with Gasteiger partial charge in [-0.05, 0) is 13.8 Å². The summed E-state index contributed by atoms with van der Waals surface area (Å²) in [6.07, 6.45) is -0.388. The second kappa shape index (κ2) is 3.66. The van der Waals surface area contributed by atoms with Crippen LogP contribution in [0.5, 0.6) is 0 Å². The molecule has 1 rings (SSSR count). The fraction of sp³-hybridized carbons (Fsp3) is 0.625. The number of aliphatic hydroxyl groups is 1. The molecular formula is C8H16N4O. The van der Waals surface area contributed by atoms with E-state index in [-0.39, 0.29) is 6.10 Å². The van der Waals surface area contributed by atoms with E-state index in [0.29, 0.717) is 18.2 Å². The maximum atomic E-state index is 9.16. The molecule has 0 aromatic carbocycles. The van der Waals surface area contributed by atoms with Gasteiger partial charge in [0.15, 0.2) is 5.82 Å². The number of nitrogens with one attached hydrogen (secondary N) is 1. The van der Waals surface area contributed by atoms with Crippen LogP contribution in [0.1, 0.15) is 12.7 Å². The van der Waals surface area contributed by atoms with E-state index >= 15 is 0 Å². The van der Waals surface area contributed by atoms with Crippen LogP contribution in [0.25, 0.3) is 0 Å². The van der Waals surface area contributed by atoms with Gasteiger partial charge in [0.2, 0.25) is 0 Å². The molecule has 1 heterocycles. The predicted octanol–water partition coefficient (Wildman–Crippen LogP) is 0.117. The average Bonchev–Trinajstić information content (AvgIpc) is 2.28. The van der Waals surface area contributed by atoms with Crippen molar-refractivity contribution in [1.29, 1.82) is 0 Å². The highest BCUT2D eigenvalue weighted by molar-refractivity contribution is 5.58. The minimum Gasteiger partial charge on any atom is -0.392 e. The van der Waals surface area contributed by atoms with Crippen molar-refractivity contribution in [3.05, 3.63) is 5.82 Å². The number of anilines is 2. The number of nitrogens with zero attached hydrogens (tertiary/aromatic N) is 2. The van der Waals surface area contributed by atoms with E-state index in [4.69, 9.17) is 10.8 Å². The molecule has 5 heteroatoms. The largest absolute Gasteiger partial charge is 0.392 e. The minimum atomic E-state index is -0.388.